The first-order valence-electron chi connectivity index (χ1n) is 6.74. The van der Waals surface area contributed by atoms with E-state index < -0.39 is 0 Å². The van der Waals surface area contributed by atoms with Crippen LogP contribution in [0.4, 0.5) is 0 Å². The summed E-state index contributed by atoms with van der Waals surface area (Å²) in [6, 6.07) is 0.589. The standard InChI is InChI=1S/C13H28N2O/c1-5-11(3)12(4)14-9-13-10-15(6-2)7-8-16-13/h11-14H,5-10H2,1-4H3. The SMILES string of the molecule is CCC(C)C(C)NCC1CN(CC)CCO1. The summed E-state index contributed by atoms with van der Waals surface area (Å²) < 4.78 is 5.77. The molecule has 0 saturated carbocycles. The molecule has 0 spiro atoms. The molecule has 0 bridgehead atoms. The van der Waals surface area contributed by atoms with Crippen molar-refractivity contribution < 1.29 is 4.74 Å². The Morgan fingerprint density at radius 3 is 2.75 bits per heavy atom. The van der Waals surface area contributed by atoms with Crippen molar-refractivity contribution in [2.45, 2.75) is 46.3 Å². The van der Waals surface area contributed by atoms with E-state index in [1.54, 1.807) is 0 Å². The summed E-state index contributed by atoms with van der Waals surface area (Å²) in [5.74, 6) is 0.742. The fourth-order valence-corrected chi connectivity index (χ4v) is 2.06. The lowest BCUT2D eigenvalue weighted by molar-refractivity contribution is -0.0267. The van der Waals surface area contributed by atoms with Crippen LogP contribution in [0, 0.1) is 5.92 Å². The third-order valence-electron chi connectivity index (χ3n) is 3.84. The monoisotopic (exact) mass is 228 g/mol. The van der Waals surface area contributed by atoms with Gasteiger partial charge in [-0.25, -0.2) is 0 Å². The topological polar surface area (TPSA) is 24.5 Å². The molecule has 0 aliphatic carbocycles. The van der Waals surface area contributed by atoms with E-state index in [-0.39, 0.29) is 0 Å². The molecular weight excluding hydrogens is 200 g/mol. The molecular formula is C13H28N2O. The number of hydrogen-bond donors (Lipinski definition) is 1. The number of hydrogen-bond acceptors (Lipinski definition) is 3. The van der Waals surface area contributed by atoms with Gasteiger partial charge in [0.15, 0.2) is 0 Å². The number of morpholine rings is 1. The number of ether oxygens (including phenoxy) is 1. The van der Waals surface area contributed by atoms with Crippen LogP contribution in [0.15, 0.2) is 0 Å². The maximum Gasteiger partial charge on any atom is 0.0826 e. The highest BCUT2D eigenvalue weighted by molar-refractivity contribution is 4.75. The van der Waals surface area contributed by atoms with Crippen LogP contribution in [0.25, 0.3) is 0 Å². The molecule has 1 aliphatic heterocycles. The predicted octanol–water partition coefficient (Wildman–Crippen LogP) is 1.73. The van der Waals surface area contributed by atoms with Gasteiger partial charge in [0, 0.05) is 25.7 Å². The zero-order valence-corrected chi connectivity index (χ0v) is 11.3. The third kappa shape index (κ3) is 4.40. The number of rotatable bonds is 6. The van der Waals surface area contributed by atoms with Crippen molar-refractivity contribution in [3.63, 3.8) is 0 Å². The first-order chi connectivity index (χ1) is 7.67. The lowest BCUT2D eigenvalue weighted by Gasteiger charge is -2.33. The van der Waals surface area contributed by atoms with E-state index in [4.69, 9.17) is 4.74 Å². The molecule has 1 rings (SSSR count). The van der Waals surface area contributed by atoms with Crippen LogP contribution in [0.1, 0.15) is 34.1 Å². The largest absolute Gasteiger partial charge is 0.374 e. The minimum atomic E-state index is 0.375. The molecule has 0 amide bonds. The summed E-state index contributed by atoms with van der Waals surface area (Å²) in [6.07, 6.45) is 1.61. The highest BCUT2D eigenvalue weighted by Crippen LogP contribution is 2.08. The Balaban J connectivity index is 2.21. The van der Waals surface area contributed by atoms with Gasteiger partial charge >= 0.3 is 0 Å². The van der Waals surface area contributed by atoms with Crippen molar-refractivity contribution >= 4 is 0 Å². The van der Waals surface area contributed by atoms with Crippen molar-refractivity contribution in [1.29, 1.82) is 0 Å². The number of nitrogens with zero attached hydrogens (tertiary/aromatic N) is 1. The minimum Gasteiger partial charge on any atom is -0.374 e. The van der Waals surface area contributed by atoms with E-state index in [2.05, 4.69) is 37.9 Å². The molecule has 1 heterocycles. The molecule has 1 N–H and O–H groups in total. The van der Waals surface area contributed by atoms with Crippen molar-refractivity contribution in [1.82, 2.24) is 10.2 Å². The van der Waals surface area contributed by atoms with Crippen molar-refractivity contribution in [2.24, 2.45) is 5.92 Å². The van der Waals surface area contributed by atoms with Crippen LogP contribution in [0.3, 0.4) is 0 Å². The maximum absolute atomic E-state index is 5.77. The lowest BCUT2D eigenvalue weighted by Crippen LogP contribution is -2.48. The molecule has 1 aliphatic rings. The normalized spacial score (nSPS) is 26.6. The third-order valence-corrected chi connectivity index (χ3v) is 3.84. The van der Waals surface area contributed by atoms with Gasteiger partial charge in [-0.05, 0) is 19.4 Å². The Bertz CT molecular complexity index is 187. The van der Waals surface area contributed by atoms with Crippen molar-refractivity contribution in [2.75, 3.05) is 32.8 Å². The summed E-state index contributed by atoms with van der Waals surface area (Å²) in [5, 5.41) is 3.60. The van der Waals surface area contributed by atoms with Crippen molar-refractivity contribution in [3.8, 4) is 0 Å². The summed E-state index contributed by atoms with van der Waals surface area (Å²) in [6.45, 7) is 14.2. The fourth-order valence-electron chi connectivity index (χ4n) is 2.06. The van der Waals surface area contributed by atoms with Gasteiger partial charge in [-0.15, -0.1) is 0 Å². The maximum atomic E-state index is 5.77. The summed E-state index contributed by atoms with van der Waals surface area (Å²) >= 11 is 0. The Morgan fingerprint density at radius 1 is 1.38 bits per heavy atom. The van der Waals surface area contributed by atoms with Crippen LogP contribution < -0.4 is 5.32 Å². The van der Waals surface area contributed by atoms with Gasteiger partial charge in [-0.1, -0.05) is 27.2 Å². The van der Waals surface area contributed by atoms with Gasteiger partial charge in [0.05, 0.1) is 12.7 Å². The van der Waals surface area contributed by atoms with E-state index >= 15 is 0 Å². The molecule has 1 saturated heterocycles. The summed E-state index contributed by atoms with van der Waals surface area (Å²) in [5.41, 5.74) is 0. The van der Waals surface area contributed by atoms with E-state index in [1.807, 2.05) is 0 Å². The van der Waals surface area contributed by atoms with Gasteiger partial charge in [0.1, 0.15) is 0 Å². The molecule has 16 heavy (non-hydrogen) atoms. The quantitative estimate of drug-likeness (QED) is 0.749. The zero-order chi connectivity index (χ0) is 12.0. The van der Waals surface area contributed by atoms with Crippen LogP contribution in [-0.4, -0.2) is 49.8 Å². The smallest absolute Gasteiger partial charge is 0.0826 e. The molecule has 3 heteroatoms. The molecule has 3 unspecified atom stereocenters. The van der Waals surface area contributed by atoms with Gasteiger partial charge in [0.2, 0.25) is 0 Å². The summed E-state index contributed by atoms with van der Waals surface area (Å²) in [4.78, 5) is 2.46. The van der Waals surface area contributed by atoms with E-state index in [1.165, 1.54) is 6.42 Å². The number of likely N-dealkylation sites (N-methyl/N-ethyl adjacent to an activating group) is 1. The van der Waals surface area contributed by atoms with Crippen LogP contribution >= 0.6 is 0 Å². The first-order valence-corrected chi connectivity index (χ1v) is 6.74. The molecule has 0 radical (unpaired) electrons. The van der Waals surface area contributed by atoms with Gasteiger partial charge in [-0.3, -0.25) is 4.90 Å². The van der Waals surface area contributed by atoms with E-state index in [0.29, 0.717) is 12.1 Å². The first kappa shape index (κ1) is 13.9. The lowest BCUT2D eigenvalue weighted by atomic mass is 10.0. The zero-order valence-electron chi connectivity index (χ0n) is 11.3. The molecule has 0 aromatic carbocycles. The predicted molar refractivity (Wildman–Crippen MR) is 68.8 cm³/mol. The van der Waals surface area contributed by atoms with Crippen LogP contribution in [0.2, 0.25) is 0 Å². The number of nitrogens with one attached hydrogen (secondary N) is 1. The Morgan fingerprint density at radius 2 is 2.12 bits per heavy atom. The molecule has 3 atom stereocenters. The Hall–Kier alpha value is -0.120. The molecule has 0 aromatic heterocycles. The van der Waals surface area contributed by atoms with Gasteiger partial charge in [-0.2, -0.15) is 0 Å². The Kier molecular flexibility index (Phi) is 6.32. The van der Waals surface area contributed by atoms with E-state index in [0.717, 1.165) is 38.7 Å². The second-order valence-electron chi connectivity index (χ2n) is 4.97. The molecule has 96 valence electrons. The van der Waals surface area contributed by atoms with Crippen LogP contribution in [0.5, 0.6) is 0 Å². The Labute approximate surface area is 101 Å². The molecule has 3 nitrogen and oxygen atoms in total. The van der Waals surface area contributed by atoms with Gasteiger partial charge in [0.25, 0.3) is 0 Å². The molecule has 0 aromatic rings. The summed E-state index contributed by atoms with van der Waals surface area (Å²) in [7, 11) is 0. The average molecular weight is 228 g/mol. The highest BCUT2D eigenvalue weighted by Gasteiger charge is 2.20. The molecule has 1 fully saturated rings. The highest BCUT2D eigenvalue weighted by atomic mass is 16.5. The minimum absolute atomic E-state index is 0.375. The fraction of sp³-hybridized carbons (Fsp3) is 1.00. The van der Waals surface area contributed by atoms with Crippen molar-refractivity contribution in [3.05, 3.63) is 0 Å². The van der Waals surface area contributed by atoms with Crippen LogP contribution in [-0.2, 0) is 4.74 Å². The second-order valence-corrected chi connectivity index (χ2v) is 4.97. The second kappa shape index (κ2) is 7.25. The van der Waals surface area contributed by atoms with Gasteiger partial charge < -0.3 is 10.1 Å². The average Bonchev–Trinajstić information content (AvgIpc) is 2.35. The van der Waals surface area contributed by atoms with E-state index in [9.17, 15) is 0 Å².